The molecule has 3 heteroatoms. The molecule has 1 heterocycles. The van der Waals surface area contributed by atoms with E-state index >= 15 is 0 Å². The molecule has 1 aromatic carbocycles. The van der Waals surface area contributed by atoms with E-state index in [4.69, 9.17) is 0 Å². The van der Waals surface area contributed by atoms with Gasteiger partial charge in [-0.3, -0.25) is 9.48 Å². The van der Waals surface area contributed by atoms with Crippen molar-refractivity contribution in [1.82, 2.24) is 9.36 Å². The average molecular weight is 228 g/mol. The number of rotatable bonds is 2. The zero-order valence-corrected chi connectivity index (χ0v) is 10.3. The Labute approximate surface area is 101 Å². The first-order valence-corrected chi connectivity index (χ1v) is 5.63. The topological polar surface area (TPSA) is 26.9 Å². The zero-order chi connectivity index (χ0) is 12.4. The van der Waals surface area contributed by atoms with Gasteiger partial charge < -0.3 is 0 Å². The largest absolute Gasteiger partial charge is 0.285 e. The molecule has 0 aliphatic rings. The quantitative estimate of drug-likeness (QED) is 0.775. The summed E-state index contributed by atoms with van der Waals surface area (Å²) in [7, 11) is 1.89. The summed E-state index contributed by atoms with van der Waals surface area (Å²) in [6.07, 6.45) is 1.95. The van der Waals surface area contributed by atoms with E-state index in [0.29, 0.717) is 0 Å². The number of benzene rings is 1. The standard InChI is InChI=1S/C14H16N2O/c1-4-13(12-8-6-5-7-9-12)16-14(17)10-11(2)15(16)3/h4-10H,1-3H3/b13-4+. The van der Waals surface area contributed by atoms with Crippen LogP contribution in [0.25, 0.3) is 5.70 Å². The van der Waals surface area contributed by atoms with Gasteiger partial charge in [0.25, 0.3) is 5.56 Å². The molecule has 0 aliphatic heterocycles. The Morgan fingerprint density at radius 1 is 1.24 bits per heavy atom. The van der Waals surface area contributed by atoms with Gasteiger partial charge in [0.05, 0.1) is 5.70 Å². The van der Waals surface area contributed by atoms with Crippen LogP contribution in [0.3, 0.4) is 0 Å². The van der Waals surface area contributed by atoms with Gasteiger partial charge in [0.1, 0.15) is 0 Å². The van der Waals surface area contributed by atoms with Crippen LogP contribution in [0.15, 0.2) is 47.3 Å². The lowest BCUT2D eigenvalue weighted by Gasteiger charge is -2.12. The maximum absolute atomic E-state index is 11.9. The van der Waals surface area contributed by atoms with Crippen LogP contribution in [0.2, 0.25) is 0 Å². The monoisotopic (exact) mass is 228 g/mol. The number of nitrogens with zero attached hydrogens (tertiary/aromatic N) is 2. The summed E-state index contributed by atoms with van der Waals surface area (Å²) >= 11 is 0. The van der Waals surface area contributed by atoms with Crippen molar-refractivity contribution in [3.63, 3.8) is 0 Å². The number of allylic oxidation sites excluding steroid dienone is 1. The van der Waals surface area contributed by atoms with Crippen molar-refractivity contribution in [1.29, 1.82) is 0 Å². The second-order valence-corrected chi connectivity index (χ2v) is 4.00. The van der Waals surface area contributed by atoms with Crippen LogP contribution in [0, 0.1) is 6.92 Å². The highest BCUT2D eigenvalue weighted by molar-refractivity contribution is 5.64. The van der Waals surface area contributed by atoms with Gasteiger partial charge in [0.15, 0.2) is 0 Å². The van der Waals surface area contributed by atoms with Crippen LogP contribution in [-0.4, -0.2) is 9.36 Å². The molecule has 17 heavy (non-hydrogen) atoms. The van der Waals surface area contributed by atoms with Crippen molar-refractivity contribution in [3.05, 3.63) is 64.1 Å². The SMILES string of the molecule is C/C=C(\c1ccccc1)n1c(=O)cc(C)n1C. The molecule has 0 N–H and O–H groups in total. The van der Waals surface area contributed by atoms with Crippen LogP contribution >= 0.6 is 0 Å². The summed E-state index contributed by atoms with van der Waals surface area (Å²) < 4.78 is 3.55. The molecule has 1 aromatic heterocycles. The Kier molecular flexibility index (Phi) is 3.00. The van der Waals surface area contributed by atoms with Gasteiger partial charge in [0.2, 0.25) is 0 Å². The molecule has 88 valence electrons. The molecule has 2 aromatic rings. The fourth-order valence-corrected chi connectivity index (χ4v) is 1.94. The van der Waals surface area contributed by atoms with Gasteiger partial charge >= 0.3 is 0 Å². The molecule has 0 unspecified atom stereocenters. The average Bonchev–Trinajstić information content (AvgIpc) is 2.58. The van der Waals surface area contributed by atoms with E-state index < -0.39 is 0 Å². The fraction of sp³-hybridized carbons (Fsp3) is 0.214. The van der Waals surface area contributed by atoms with Crippen molar-refractivity contribution in [2.24, 2.45) is 7.05 Å². The third-order valence-electron chi connectivity index (χ3n) is 2.92. The van der Waals surface area contributed by atoms with E-state index in [0.717, 1.165) is 17.0 Å². The molecule has 0 amide bonds. The molecule has 0 atom stereocenters. The molecule has 0 fully saturated rings. The van der Waals surface area contributed by atoms with E-state index in [1.54, 1.807) is 10.7 Å². The zero-order valence-electron chi connectivity index (χ0n) is 10.3. The normalized spacial score (nSPS) is 11.8. The summed E-state index contributed by atoms with van der Waals surface area (Å²) in [6, 6.07) is 11.6. The minimum absolute atomic E-state index is 0.00181. The predicted molar refractivity (Wildman–Crippen MR) is 69.9 cm³/mol. The predicted octanol–water partition coefficient (Wildman–Crippen LogP) is 2.40. The van der Waals surface area contributed by atoms with Crippen molar-refractivity contribution in [3.8, 4) is 0 Å². The lowest BCUT2D eigenvalue weighted by Crippen LogP contribution is -2.21. The van der Waals surface area contributed by atoms with Gasteiger partial charge in [-0.1, -0.05) is 36.4 Å². The van der Waals surface area contributed by atoms with Crippen LogP contribution < -0.4 is 5.56 Å². The molecular weight excluding hydrogens is 212 g/mol. The number of hydrogen-bond acceptors (Lipinski definition) is 1. The van der Waals surface area contributed by atoms with Crippen molar-refractivity contribution in [2.75, 3.05) is 0 Å². The van der Waals surface area contributed by atoms with Gasteiger partial charge in [-0.2, -0.15) is 0 Å². The third kappa shape index (κ3) is 1.96. The van der Waals surface area contributed by atoms with Gasteiger partial charge in [0, 0.05) is 18.8 Å². The molecule has 0 saturated heterocycles. The molecule has 0 saturated carbocycles. The van der Waals surface area contributed by atoms with Crippen LogP contribution in [0.4, 0.5) is 0 Å². The molecule has 0 spiro atoms. The van der Waals surface area contributed by atoms with E-state index in [1.807, 2.05) is 62.0 Å². The van der Waals surface area contributed by atoms with E-state index in [-0.39, 0.29) is 5.56 Å². The smallest absolute Gasteiger partial charge is 0.271 e. The number of aryl methyl sites for hydroxylation is 1. The lowest BCUT2D eigenvalue weighted by atomic mass is 10.1. The molecule has 2 rings (SSSR count). The highest BCUT2D eigenvalue weighted by Crippen LogP contribution is 2.15. The van der Waals surface area contributed by atoms with Crippen molar-refractivity contribution in [2.45, 2.75) is 13.8 Å². The first-order valence-electron chi connectivity index (χ1n) is 5.63. The maximum atomic E-state index is 11.9. The molecular formula is C14H16N2O. The minimum atomic E-state index is 0.00181. The summed E-state index contributed by atoms with van der Waals surface area (Å²) in [6.45, 7) is 3.87. The fourth-order valence-electron chi connectivity index (χ4n) is 1.94. The Balaban J connectivity index is 2.63. The number of hydrogen-bond donors (Lipinski definition) is 0. The van der Waals surface area contributed by atoms with Crippen molar-refractivity contribution >= 4 is 5.70 Å². The summed E-state index contributed by atoms with van der Waals surface area (Å²) in [5, 5.41) is 0. The van der Waals surface area contributed by atoms with Gasteiger partial charge in [-0.25, -0.2) is 4.68 Å². The number of aromatic nitrogens is 2. The Bertz CT molecular complexity index is 603. The first kappa shape index (κ1) is 11.5. The van der Waals surface area contributed by atoms with Crippen LogP contribution in [-0.2, 0) is 7.05 Å². The van der Waals surface area contributed by atoms with Gasteiger partial charge in [-0.15, -0.1) is 0 Å². The first-order chi connectivity index (χ1) is 8.15. The summed E-state index contributed by atoms with van der Waals surface area (Å²) in [5.41, 5.74) is 2.90. The molecule has 0 bridgehead atoms. The molecule has 3 nitrogen and oxygen atoms in total. The van der Waals surface area contributed by atoms with E-state index in [2.05, 4.69) is 0 Å². The van der Waals surface area contributed by atoms with E-state index in [1.165, 1.54) is 0 Å². The second kappa shape index (κ2) is 4.45. The molecule has 0 aliphatic carbocycles. The second-order valence-electron chi connectivity index (χ2n) is 4.00. The lowest BCUT2D eigenvalue weighted by molar-refractivity contribution is 0.641. The van der Waals surface area contributed by atoms with Crippen LogP contribution in [0.1, 0.15) is 18.2 Å². The molecule has 0 radical (unpaired) electrons. The third-order valence-corrected chi connectivity index (χ3v) is 2.92. The minimum Gasteiger partial charge on any atom is -0.285 e. The van der Waals surface area contributed by atoms with Crippen molar-refractivity contribution < 1.29 is 0 Å². The summed E-state index contributed by atoms with van der Waals surface area (Å²) in [5.74, 6) is 0. The Hall–Kier alpha value is -2.03. The van der Waals surface area contributed by atoms with E-state index in [9.17, 15) is 4.79 Å². The van der Waals surface area contributed by atoms with Gasteiger partial charge in [-0.05, 0) is 19.4 Å². The highest BCUT2D eigenvalue weighted by atomic mass is 16.1. The Morgan fingerprint density at radius 2 is 1.88 bits per heavy atom. The maximum Gasteiger partial charge on any atom is 0.271 e. The summed E-state index contributed by atoms with van der Waals surface area (Å²) in [4.78, 5) is 11.9. The highest BCUT2D eigenvalue weighted by Gasteiger charge is 2.10. The Morgan fingerprint density at radius 3 is 2.35 bits per heavy atom. The van der Waals surface area contributed by atoms with Crippen LogP contribution in [0.5, 0.6) is 0 Å².